The van der Waals surface area contributed by atoms with Crippen molar-refractivity contribution in [3.05, 3.63) is 11.4 Å². The Hall–Kier alpha value is -2.12. The third-order valence-corrected chi connectivity index (χ3v) is 3.87. The highest BCUT2D eigenvalue weighted by Crippen LogP contribution is 2.27. The molecule has 0 unspecified atom stereocenters. The fraction of sp³-hybridized carbons (Fsp3) is 0.750. The minimum absolute atomic E-state index is 0.0145. The second-order valence-corrected chi connectivity index (χ2v) is 7.45. The number of carboxylic acids is 1. The van der Waals surface area contributed by atoms with E-state index in [0.717, 1.165) is 12.8 Å². The maximum absolute atomic E-state index is 12.3. The number of likely N-dealkylation sites (tertiary alicyclic amines) is 1. The molecule has 1 aliphatic heterocycles. The quantitative estimate of drug-likeness (QED) is 0.910. The van der Waals surface area contributed by atoms with E-state index in [1.807, 2.05) is 34.6 Å². The summed E-state index contributed by atoms with van der Waals surface area (Å²) in [6, 6.07) is -0.0933. The van der Waals surface area contributed by atoms with E-state index in [9.17, 15) is 14.7 Å². The third-order valence-electron chi connectivity index (χ3n) is 3.87. The number of carbonyl (C=O) groups is 2. The number of carboxylic acid groups (broad SMARTS) is 1. The van der Waals surface area contributed by atoms with E-state index in [-0.39, 0.29) is 23.7 Å². The van der Waals surface area contributed by atoms with Gasteiger partial charge in [0, 0.05) is 13.1 Å². The maximum Gasteiger partial charge on any atom is 0.410 e. The molecule has 2 heterocycles. The van der Waals surface area contributed by atoms with Crippen LogP contribution in [0.4, 0.5) is 4.79 Å². The molecule has 0 radical (unpaired) electrons. The van der Waals surface area contributed by atoms with E-state index in [0.29, 0.717) is 18.8 Å². The Morgan fingerprint density at radius 2 is 2.00 bits per heavy atom. The fourth-order valence-corrected chi connectivity index (χ4v) is 2.91. The first kappa shape index (κ1) is 18.2. The van der Waals surface area contributed by atoms with Crippen molar-refractivity contribution in [2.75, 3.05) is 13.1 Å². The van der Waals surface area contributed by atoms with Gasteiger partial charge in [-0.2, -0.15) is 0 Å². The van der Waals surface area contributed by atoms with Gasteiger partial charge in [0.2, 0.25) is 0 Å². The molecule has 0 spiro atoms. The monoisotopic (exact) mass is 338 g/mol. The molecule has 1 fully saturated rings. The zero-order valence-electron chi connectivity index (χ0n) is 14.9. The van der Waals surface area contributed by atoms with Crippen LogP contribution in [-0.4, -0.2) is 55.8 Å². The minimum Gasteiger partial charge on any atom is -0.476 e. The van der Waals surface area contributed by atoms with Gasteiger partial charge in [-0.15, -0.1) is 5.10 Å². The first-order chi connectivity index (χ1) is 11.1. The first-order valence-electron chi connectivity index (χ1n) is 8.26. The van der Waals surface area contributed by atoms with Gasteiger partial charge >= 0.3 is 12.1 Å². The van der Waals surface area contributed by atoms with Crippen LogP contribution in [0.2, 0.25) is 0 Å². The molecule has 0 bridgehead atoms. The van der Waals surface area contributed by atoms with E-state index in [2.05, 4.69) is 10.3 Å². The zero-order chi connectivity index (χ0) is 18.1. The summed E-state index contributed by atoms with van der Waals surface area (Å²) in [7, 11) is 0. The van der Waals surface area contributed by atoms with Crippen LogP contribution >= 0.6 is 0 Å². The number of carbonyl (C=O) groups excluding carboxylic acids is 1. The highest BCUT2D eigenvalue weighted by Gasteiger charge is 2.32. The van der Waals surface area contributed by atoms with Crippen molar-refractivity contribution in [3.8, 4) is 0 Å². The summed E-state index contributed by atoms with van der Waals surface area (Å²) >= 11 is 0. The number of hydrogen-bond acceptors (Lipinski definition) is 5. The normalized spacial score (nSPS) is 18.8. The second kappa shape index (κ2) is 6.78. The summed E-state index contributed by atoms with van der Waals surface area (Å²) in [5.74, 6) is -1.10. The molecule has 8 nitrogen and oxygen atoms in total. The average molecular weight is 338 g/mol. The average Bonchev–Trinajstić information content (AvgIpc) is 2.90. The number of rotatable bonds is 3. The van der Waals surface area contributed by atoms with Crippen molar-refractivity contribution in [2.24, 2.45) is 0 Å². The number of piperidine rings is 1. The Kier molecular flexibility index (Phi) is 5.15. The third kappa shape index (κ3) is 4.04. The lowest BCUT2D eigenvalue weighted by atomic mass is 10.0. The highest BCUT2D eigenvalue weighted by molar-refractivity contribution is 5.86. The number of nitrogens with zero attached hydrogens (tertiary/aromatic N) is 4. The Morgan fingerprint density at radius 1 is 1.33 bits per heavy atom. The van der Waals surface area contributed by atoms with E-state index in [1.54, 1.807) is 9.58 Å². The molecule has 1 aliphatic rings. The maximum atomic E-state index is 12.3. The molecule has 1 aromatic heterocycles. The highest BCUT2D eigenvalue weighted by atomic mass is 16.6. The molecular weight excluding hydrogens is 312 g/mol. The number of hydrogen-bond donors (Lipinski definition) is 1. The topological polar surface area (TPSA) is 97.5 Å². The van der Waals surface area contributed by atoms with Crippen LogP contribution < -0.4 is 0 Å². The second-order valence-electron chi connectivity index (χ2n) is 7.45. The summed E-state index contributed by atoms with van der Waals surface area (Å²) in [6.45, 7) is 10.4. The van der Waals surface area contributed by atoms with Crippen molar-refractivity contribution in [3.63, 3.8) is 0 Å². The molecular formula is C16H26N4O4. The SMILES string of the molecule is CC(C)c1c(C(=O)O)nnn1[C@@H]1CCCN(C(=O)OC(C)(C)C)C1. The Morgan fingerprint density at radius 3 is 2.54 bits per heavy atom. The molecule has 134 valence electrons. The number of aromatic carboxylic acids is 1. The van der Waals surface area contributed by atoms with Crippen LogP contribution in [0, 0.1) is 0 Å². The number of ether oxygens (including phenoxy) is 1. The van der Waals surface area contributed by atoms with Gasteiger partial charge in [-0.05, 0) is 39.5 Å². The predicted molar refractivity (Wildman–Crippen MR) is 87.1 cm³/mol. The van der Waals surface area contributed by atoms with E-state index >= 15 is 0 Å². The molecule has 0 saturated carbocycles. The Bertz CT molecular complexity index is 618. The molecule has 24 heavy (non-hydrogen) atoms. The van der Waals surface area contributed by atoms with Crippen LogP contribution in [0.1, 0.15) is 75.6 Å². The summed E-state index contributed by atoms with van der Waals surface area (Å²) in [5.41, 5.74) is 0.0366. The molecule has 0 aromatic carbocycles. The van der Waals surface area contributed by atoms with Crippen molar-refractivity contribution >= 4 is 12.1 Å². The Balaban J connectivity index is 2.21. The minimum atomic E-state index is -1.08. The van der Waals surface area contributed by atoms with Crippen molar-refractivity contribution in [2.45, 2.75) is 65.0 Å². The van der Waals surface area contributed by atoms with Crippen LogP contribution in [0.5, 0.6) is 0 Å². The van der Waals surface area contributed by atoms with Gasteiger partial charge in [-0.3, -0.25) is 0 Å². The molecule has 1 atom stereocenters. The molecule has 0 aliphatic carbocycles. The molecule has 2 rings (SSSR count). The van der Waals surface area contributed by atoms with Crippen LogP contribution in [-0.2, 0) is 4.74 Å². The molecule has 1 aromatic rings. The van der Waals surface area contributed by atoms with Gasteiger partial charge in [0.25, 0.3) is 0 Å². The lowest BCUT2D eigenvalue weighted by Crippen LogP contribution is -2.43. The molecule has 8 heteroatoms. The van der Waals surface area contributed by atoms with Gasteiger partial charge in [0.1, 0.15) is 5.60 Å². The lowest BCUT2D eigenvalue weighted by molar-refractivity contribution is 0.0164. The summed E-state index contributed by atoms with van der Waals surface area (Å²) < 4.78 is 7.10. The summed E-state index contributed by atoms with van der Waals surface area (Å²) in [5, 5.41) is 17.2. The van der Waals surface area contributed by atoms with Crippen molar-refractivity contribution in [1.82, 2.24) is 19.9 Å². The van der Waals surface area contributed by atoms with Crippen LogP contribution in [0.15, 0.2) is 0 Å². The lowest BCUT2D eigenvalue weighted by Gasteiger charge is -2.34. The van der Waals surface area contributed by atoms with Crippen molar-refractivity contribution in [1.29, 1.82) is 0 Å². The van der Waals surface area contributed by atoms with Crippen LogP contribution in [0.25, 0.3) is 0 Å². The van der Waals surface area contributed by atoms with Gasteiger partial charge in [0.05, 0.1) is 11.7 Å². The van der Waals surface area contributed by atoms with Crippen molar-refractivity contribution < 1.29 is 19.4 Å². The first-order valence-corrected chi connectivity index (χ1v) is 8.26. The van der Waals surface area contributed by atoms with Gasteiger partial charge < -0.3 is 14.7 Å². The van der Waals surface area contributed by atoms with Crippen LogP contribution in [0.3, 0.4) is 0 Å². The number of amides is 1. The number of aromatic nitrogens is 3. The Labute approximate surface area is 141 Å². The predicted octanol–water partition coefficient (Wildman–Crippen LogP) is 2.67. The summed E-state index contributed by atoms with van der Waals surface area (Å²) in [6.07, 6.45) is 1.28. The molecule has 1 saturated heterocycles. The standard InChI is InChI=1S/C16H26N4O4/c1-10(2)13-12(14(21)22)17-18-20(13)11-7-6-8-19(9-11)15(23)24-16(3,4)5/h10-11H,6-9H2,1-5H3,(H,21,22)/t11-/m1/s1. The molecule has 1 N–H and O–H groups in total. The largest absolute Gasteiger partial charge is 0.476 e. The fourth-order valence-electron chi connectivity index (χ4n) is 2.91. The smallest absolute Gasteiger partial charge is 0.410 e. The van der Waals surface area contributed by atoms with E-state index < -0.39 is 11.6 Å². The van der Waals surface area contributed by atoms with Gasteiger partial charge in [-0.1, -0.05) is 19.1 Å². The van der Waals surface area contributed by atoms with Gasteiger partial charge in [-0.25, -0.2) is 14.3 Å². The summed E-state index contributed by atoms with van der Waals surface area (Å²) in [4.78, 5) is 25.3. The van der Waals surface area contributed by atoms with E-state index in [4.69, 9.17) is 4.74 Å². The zero-order valence-corrected chi connectivity index (χ0v) is 14.9. The molecule has 1 amide bonds. The van der Waals surface area contributed by atoms with E-state index in [1.165, 1.54) is 0 Å². The van der Waals surface area contributed by atoms with Gasteiger partial charge in [0.15, 0.2) is 5.69 Å².